The molecule has 96 valence electrons. The van der Waals surface area contributed by atoms with E-state index in [0.29, 0.717) is 29.1 Å². The average Bonchev–Trinajstić information content (AvgIpc) is 2.63. The van der Waals surface area contributed by atoms with Gasteiger partial charge < -0.3 is 20.2 Å². The first-order valence-electron chi connectivity index (χ1n) is 5.40. The Kier molecular flexibility index (Phi) is 3.47. The molecule has 0 unspecified atom stereocenters. The van der Waals surface area contributed by atoms with Crippen molar-refractivity contribution in [1.82, 2.24) is 4.98 Å². The van der Waals surface area contributed by atoms with Crippen LogP contribution in [0.3, 0.4) is 0 Å². The lowest BCUT2D eigenvalue weighted by atomic mass is 10.1. The Morgan fingerprint density at radius 3 is 2.83 bits per heavy atom. The van der Waals surface area contributed by atoms with Crippen LogP contribution in [0.25, 0.3) is 10.9 Å². The first-order chi connectivity index (χ1) is 8.58. The number of benzene rings is 1. The number of ether oxygens (including phenoxy) is 2. The van der Waals surface area contributed by atoms with E-state index in [-0.39, 0.29) is 0 Å². The number of hydrogen-bond acceptors (Lipinski definition) is 4. The minimum Gasteiger partial charge on any atom is -0.495 e. The van der Waals surface area contributed by atoms with Gasteiger partial charge in [-0.3, -0.25) is 0 Å². The fourth-order valence-electron chi connectivity index (χ4n) is 1.80. The molecule has 1 aromatic carbocycles. The van der Waals surface area contributed by atoms with Gasteiger partial charge in [-0.25, -0.2) is 4.79 Å². The van der Waals surface area contributed by atoms with E-state index >= 15 is 0 Å². The van der Waals surface area contributed by atoms with Crippen LogP contribution in [0, 0.1) is 0 Å². The third-order valence-corrected chi connectivity index (χ3v) is 3.20. The summed E-state index contributed by atoms with van der Waals surface area (Å²) in [7, 11) is 1.57. The maximum Gasteiger partial charge on any atom is 0.342 e. The second kappa shape index (κ2) is 4.89. The maximum absolute atomic E-state index is 11.8. The zero-order valence-corrected chi connectivity index (χ0v) is 11.6. The molecule has 0 atom stereocenters. The average molecular weight is 313 g/mol. The van der Waals surface area contributed by atoms with Crippen LogP contribution in [0.2, 0.25) is 0 Å². The number of nitrogen functional groups attached to an aromatic ring is 1. The number of aromatic nitrogens is 1. The van der Waals surface area contributed by atoms with E-state index in [1.54, 1.807) is 26.2 Å². The van der Waals surface area contributed by atoms with E-state index in [1.807, 2.05) is 0 Å². The van der Waals surface area contributed by atoms with Gasteiger partial charge in [-0.05, 0) is 28.9 Å². The highest BCUT2D eigenvalue weighted by Gasteiger charge is 2.19. The van der Waals surface area contributed by atoms with Gasteiger partial charge in [-0.1, -0.05) is 0 Å². The Bertz CT molecular complexity index is 607. The second-order valence-corrected chi connectivity index (χ2v) is 4.52. The molecular formula is C12H13BrN2O3. The van der Waals surface area contributed by atoms with Crippen LogP contribution in [0.15, 0.2) is 16.6 Å². The third-order valence-electron chi connectivity index (χ3n) is 2.58. The van der Waals surface area contributed by atoms with Crippen molar-refractivity contribution in [2.24, 2.45) is 0 Å². The number of carbonyl (C=O) groups excluding carboxylic acids is 1. The van der Waals surface area contributed by atoms with Crippen molar-refractivity contribution < 1.29 is 14.3 Å². The second-order valence-electron chi connectivity index (χ2n) is 3.67. The number of halogens is 1. The number of esters is 1. The van der Waals surface area contributed by atoms with Crippen LogP contribution >= 0.6 is 15.9 Å². The standard InChI is InChI=1S/C12H13BrN2O3/c1-3-18-12(16)10-6-4-7(13)9(17-2)5-8(6)15-11(10)14/h4-5,15H,3,14H2,1-2H3. The smallest absolute Gasteiger partial charge is 0.342 e. The lowest BCUT2D eigenvalue weighted by molar-refractivity contribution is 0.0530. The van der Waals surface area contributed by atoms with Crippen molar-refractivity contribution in [3.8, 4) is 5.75 Å². The lowest BCUT2D eigenvalue weighted by Crippen LogP contribution is -2.06. The van der Waals surface area contributed by atoms with Crippen LogP contribution in [0.1, 0.15) is 17.3 Å². The molecule has 0 saturated carbocycles. The fourth-order valence-corrected chi connectivity index (χ4v) is 2.30. The summed E-state index contributed by atoms with van der Waals surface area (Å²) < 4.78 is 10.9. The van der Waals surface area contributed by atoms with Gasteiger partial charge in [0.1, 0.15) is 17.1 Å². The number of nitrogens with two attached hydrogens (primary N) is 1. The fraction of sp³-hybridized carbons (Fsp3) is 0.250. The third kappa shape index (κ3) is 2.03. The van der Waals surface area contributed by atoms with Crippen LogP contribution in [0.5, 0.6) is 5.75 Å². The molecule has 2 rings (SSSR count). The van der Waals surface area contributed by atoms with Crippen LogP contribution in [-0.4, -0.2) is 24.7 Å². The number of hydrogen-bond donors (Lipinski definition) is 2. The molecular weight excluding hydrogens is 300 g/mol. The van der Waals surface area contributed by atoms with Gasteiger partial charge in [0.25, 0.3) is 0 Å². The van der Waals surface area contributed by atoms with E-state index < -0.39 is 5.97 Å². The zero-order valence-electron chi connectivity index (χ0n) is 10.0. The molecule has 0 amide bonds. The Hall–Kier alpha value is -1.69. The molecule has 0 aliphatic carbocycles. The molecule has 1 heterocycles. The monoisotopic (exact) mass is 312 g/mol. The molecule has 2 aromatic rings. The predicted octanol–water partition coefficient (Wildman–Crippen LogP) is 2.70. The van der Waals surface area contributed by atoms with Gasteiger partial charge in [0.05, 0.1) is 23.7 Å². The number of carbonyl (C=O) groups is 1. The van der Waals surface area contributed by atoms with Gasteiger partial charge in [-0.2, -0.15) is 0 Å². The Morgan fingerprint density at radius 1 is 1.50 bits per heavy atom. The minimum absolute atomic E-state index is 0.295. The number of rotatable bonds is 3. The van der Waals surface area contributed by atoms with Crippen molar-refractivity contribution in [1.29, 1.82) is 0 Å². The molecule has 0 radical (unpaired) electrons. The highest BCUT2D eigenvalue weighted by Crippen LogP contribution is 2.34. The van der Waals surface area contributed by atoms with Crippen LogP contribution in [0.4, 0.5) is 5.82 Å². The molecule has 3 N–H and O–H groups in total. The summed E-state index contributed by atoms with van der Waals surface area (Å²) in [6.07, 6.45) is 0. The van der Waals surface area contributed by atoms with E-state index in [0.717, 1.165) is 9.99 Å². The van der Waals surface area contributed by atoms with E-state index in [4.69, 9.17) is 15.2 Å². The van der Waals surface area contributed by atoms with Crippen molar-refractivity contribution in [2.45, 2.75) is 6.92 Å². The van der Waals surface area contributed by atoms with Gasteiger partial charge in [0, 0.05) is 11.5 Å². The largest absolute Gasteiger partial charge is 0.495 e. The number of H-pyrrole nitrogens is 1. The molecule has 5 nitrogen and oxygen atoms in total. The molecule has 1 aromatic heterocycles. The molecule has 0 aliphatic rings. The molecule has 0 fully saturated rings. The summed E-state index contributed by atoms with van der Waals surface area (Å²) in [6, 6.07) is 3.56. The van der Waals surface area contributed by atoms with Crippen molar-refractivity contribution in [3.63, 3.8) is 0 Å². The number of fused-ring (bicyclic) bond motifs is 1. The summed E-state index contributed by atoms with van der Waals surface area (Å²) in [4.78, 5) is 14.8. The number of aromatic amines is 1. The summed E-state index contributed by atoms with van der Waals surface area (Å²) in [5.41, 5.74) is 6.90. The molecule has 6 heteroatoms. The topological polar surface area (TPSA) is 77.3 Å². The number of nitrogens with one attached hydrogen (secondary N) is 1. The van der Waals surface area contributed by atoms with Gasteiger partial charge in [0.2, 0.25) is 0 Å². The lowest BCUT2D eigenvalue weighted by Gasteiger charge is -2.04. The predicted molar refractivity (Wildman–Crippen MR) is 72.9 cm³/mol. The van der Waals surface area contributed by atoms with E-state index in [2.05, 4.69) is 20.9 Å². The Labute approximate surface area is 112 Å². The molecule has 0 aliphatic heterocycles. The highest BCUT2D eigenvalue weighted by atomic mass is 79.9. The summed E-state index contributed by atoms with van der Waals surface area (Å²) in [6.45, 7) is 2.06. The Morgan fingerprint density at radius 2 is 2.22 bits per heavy atom. The van der Waals surface area contributed by atoms with Gasteiger partial charge in [0.15, 0.2) is 0 Å². The van der Waals surface area contributed by atoms with E-state index in [9.17, 15) is 4.79 Å². The highest BCUT2D eigenvalue weighted by molar-refractivity contribution is 9.10. The SMILES string of the molecule is CCOC(=O)c1c(N)[nH]c2cc(OC)c(Br)cc12. The zero-order chi connectivity index (χ0) is 13.3. The van der Waals surface area contributed by atoms with Crippen molar-refractivity contribution in [2.75, 3.05) is 19.5 Å². The Balaban J connectivity index is 2.64. The number of anilines is 1. The normalized spacial score (nSPS) is 10.6. The number of methoxy groups -OCH3 is 1. The summed E-state index contributed by atoms with van der Waals surface area (Å²) in [5.74, 6) is 0.529. The van der Waals surface area contributed by atoms with Crippen molar-refractivity contribution >= 4 is 38.6 Å². The first-order valence-corrected chi connectivity index (χ1v) is 6.19. The van der Waals surface area contributed by atoms with Gasteiger partial charge >= 0.3 is 5.97 Å². The molecule has 0 spiro atoms. The van der Waals surface area contributed by atoms with Crippen LogP contribution < -0.4 is 10.5 Å². The van der Waals surface area contributed by atoms with Crippen LogP contribution in [-0.2, 0) is 4.74 Å². The molecule has 0 saturated heterocycles. The molecule has 18 heavy (non-hydrogen) atoms. The summed E-state index contributed by atoms with van der Waals surface area (Å²) in [5, 5.41) is 0.707. The maximum atomic E-state index is 11.8. The first kappa shape index (κ1) is 12.8. The minimum atomic E-state index is -0.432. The quantitative estimate of drug-likeness (QED) is 0.854. The van der Waals surface area contributed by atoms with E-state index in [1.165, 1.54) is 0 Å². The van der Waals surface area contributed by atoms with Crippen molar-refractivity contribution in [3.05, 3.63) is 22.2 Å². The van der Waals surface area contributed by atoms with Gasteiger partial charge in [-0.15, -0.1) is 0 Å². The summed E-state index contributed by atoms with van der Waals surface area (Å²) >= 11 is 3.38. The molecule has 0 bridgehead atoms.